The molecule has 1 aromatic heterocycles. The molecule has 1 atom stereocenters. The molecule has 4 nitrogen and oxygen atoms in total. The van der Waals surface area contributed by atoms with Crippen LogP contribution in [0.2, 0.25) is 0 Å². The molecule has 1 fully saturated rings. The predicted molar refractivity (Wildman–Crippen MR) is 59.8 cm³/mol. The van der Waals surface area contributed by atoms with Gasteiger partial charge in [-0.05, 0) is 18.9 Å². The molecular formula is C12H17N3O. The second-order valence-electron chi connectivity index (χ2n) is 4.48. The summed E-state index contributed by atoms with van der Waals surface area (Å²) < 4.78 is 7.23. The molecule has 1 aliphatic rings. The van der Waals surface area contributed by atoms with Crippen molar-refractivity contribution in [2.24, 2.45) is 12.5 Å². The Morgan fingerprint density at radius 1 is 1.69 bits per heavy atom. The highest BCUT2D eigenvalue weighted by atomic mass is 16.5. The normalized spacial score (nSPS) is 24.6. The first-order valence-corrected chi connectivity index (χ1v) is 5.70. The second-order valence-corrected chi connectivity index (χ2v) is 4.48. The minimum atomic E-state index is -0.335. The Labute approximate surface area is 95.8 Å². The van der Waals surface area contributed by atoms with E-state index in [-0.39, 0.29) is 5.41 Å². The van der Waals surface area contributed by atoms with E-state index in [1.807, 2.05) is 11.7 Å². The summed E-state index contributed by atoms with van der Waals surface area (Å²) in [5, 5.41) is 13.7. The van der Waals surface area contributed by atoms with Crippen molar-refractivity contribution in [3.63, 3.8) is 0 Å². The van der Waals surface area contributed by atoms with Crippen molar-refractivity contribution in [3.05, 3.63) is 17.5 Å². The fourth-order valence-electron chi connectivity index (χ4n) is 2.13. The van der Waals surface area contributed by atoms with Gasteiger partial charge in [0.05, 0.1) is 23.8 Å². The molecule has 86 valence electrons. The lowest BCUT2D eigenvalue weighted by Crippen LogP contribution is -2.23. The maximum atomic E-state index is 9.27. The average molecular weight is 219 g/mol. The Hall–Kier alpha value is -1.34. The van der Waals surface area contributed by atoms with Gasteiger partial charge in [-0.1, -0.05) is 6.92 Å². The number of ether oxygens (including phenoxy) is 1. The standard InChI is InChI=1S/C12H17N3O/c1-3-10-6-11(15(2)14-10)7-12(8-13)4-5-16-9-12/h6H,3-5,7,9H2,1-2H3. The minimum Gasteiger partial charge on any atom is -0.380 e. The summed E-state index contributed by atoms with van der Waals surface area (Å²) in [6.45, 7) is 3.34. The molecule has 1 saturated heterocycles. The van der Waals surface area contributed by atoms with Crippen molar-refractivity contribution >= 4 is 0 Å². The van der Waals surface area contributed by atoms with Crippen LogP contribution in [0, 0.1) is 16.7 Å². The van der Waals surface area contributed by atoms with Gasteiger partial charge in [0, 0.05) is 25.8 Å². The zero-order valence-corrected chi connectivity index (χ0v) is 9.86. The van der Waals surface area contributed by atoms with Gasteiger partial charge in [-0.3, -0.25) is 4.68 Å². The predicted octanol–water partition coefficient (Wildman–Crippen LogP) is 1.46. The molecule has 4 heteroatoms. The van der Waals surface area contributed by atoms with Gasteiger partial charge >= 0.3 is 0 Å². The summed E-state index contributed by atoms with van der Waals surface area (Å²) in [5.41, 5.74) is 1.88. The first-order valence-electron chi connectivity index (χ1n) is 5.70. The summed E-state index contributed by atoms with van der Waals surface area (Å²) in [6, 6.07) is 4.51. The van der Waals surface area contributed by atoms with Crippen LogP contribution in [-0.4, -0.2) is 23.0 Å². The molecule has 1 unspecified atom stereocenters. The number of nitrogens with zero attached hydrogens (tertiary/aromatic N) is 3. The van der Waals surface area contributed by atoms with Crippen LogP contribution >= 0.6 is 0 Å². The monoisotopic (exact) mass is 219 g/mol. The zero-order valence-electron chi connectivity index (χ0n) is 9.86. The summed E-state index contributed by atoms with van der Waals surface area (Å²) in [5.74, 6) is 0. The molecule has 0 amide bonds. The third kappa shape index (κ3) is 1.96. The highest BCUT2D eigenvalue weighted by Gasteiger charge is 2.36. The third-order valence-corrected chi connectivity index (χ3v) is 3.25. The highest BCUT2D eigenvalue weighted by molar-refractivity contribution is 5.16. The van der Waals surface area contributed by atoms with Gasteiger partial charge < -0.3 is 4.74 Å². The number of rotatable bonds is 3. The fourth-order valence-corrected chi connectivity index (χ4v) is 2.13. The lowest BCUT2D eigenvalue weighted by Gasteiger charge is -2.17. The Bertz CT molecular complexity index is 410. The van der Waals surface area contributed by atoms with Crippen molar-refractivity contribution in [3.8, 4) is 6.07 Å². The SMILES string of the molecule is CCc1cc(CC2(C#N)CCOC2)n(C)n1. The fraction of sp³-hybridized carbons (Fsp3) is 0.667. The Kier molecular flexibility index (Phi) is 2.97. The Morgan fingerprint density at radius 2 is 2.50 bits per heavy atom. The van der Waals surface area contributed by atoms with Crippen molar-refractivity contribution in [1.82, 2.24) is 9.78 Å². The molecule has 0 aromatic carbocycles. The van der Waals surface area contributed by atoms with Crippen LogP contribution in [0.5, 0.6) is 0 Å². The molecule has 16 heavy (non-hydrogen) atoms. The quantitative estimate of drug-likeness (QED) is 0.773. The van der Waals surface area contributed by atoms with Gasteiger partial charge in [0.1, 0.15) is 0 Å². The smallest absolute Gasteiger partial charge is 0.0883 e. The van der Waals surface area contributed by atoms with Crippen LogP contribution in [0.15, 0.2) is 6.07 Å². The average Bonchev–Trinajstić information content (AvgIpc) is 2.88. The largest absolute Gasteiger partial charge is 0.380 e. The van der Waals surface area contributed by atoms with Gasteiger partial charge in [-0.15, -0.1) is 0 Å². The molecule has 1 aromatic rings. The Morgan fingerprint density at radius 3 is 3.00 bits per heavy atom. The minimum absolute atomic E-state index is 0.335. The van der Waals surface area contributed by atoms with E-state index < -0.39 is 0 Å². The van der Waals surface area contributed by atoms with Gasteiger partial charge in [0.2, 0.25) is 0 Å². The van der Waals surface area contributed by atoms with Crippen molar-refractivity contribution < 1.29 is 4.74 Å². The van der Waals surface area contributed by atoms with E-state index in [1.54, 1.807) is 0 Å². The van der Waals surface area contributed by atoms with Gasteiger partial charge in [-0.2, -0.15) is 10.4 Å². The molecule has 2 rings (SSSR count). The van der Waals surface area contributed by atoms with Crippen LogP contribution in [0.25, 0.3) is 0 Å². The van der Waals surface area contributed by atoms with Crippen molar-refractivity contribution in [1.29, 1.82) is 5.26 Å². The summed E-state index contributed by atoms with van der Waals surface area (Å²) >= 11 is 0. The topological polar surface area (TPSA) is 50.8 Å². The molecule has 0 aliphatic carbocycles. The van der Waals surface area contributed by atoms with Crippen LogP contribution < -0.4 is 0 Å². The van der Waals surface area contributed by atoms with Crippen LogP contribution in [-0.2, 0) is 24.6 Å². The number of aromatic nitrogens is 2. The lowest BCUT2D eigenvalue weighted by atomic mass is 9.84. The van der Waals surface area contributed by atoms with Gasteiger partial charge in [-0.25, -0.2) is 0 Å². The molecule has 0 radical (unpaired) electrons. The lowest BCUT2D eigenvalue weighted by molar-refractivity contribution is 0.171. The van der Waals surface area contributed by atoms with E-state index in [0.717, 1.165) is 30.7 Å². The maximum Gasteiger partial charge on any atom is 0.0883 e. The van der Waals surface area contributed by atoms with E-state index in [0.29, 0.717) is 13.2 Å². The molecule has 0 spiro atoms. The number of aryl methyl sites for hydroxylation is 2. The molecule has 0 bridgehead atoms. The van der Waals surface area contributed by atoms with E-state index in [1.165, 1.54) is 0 Å². The van der Waals surface area contributed by atoms with Crippen LogP contribution in [0.1, 0.15) is 24.7 Å². The Balaban J connectivity index is 2.19. The second kappa shape index (κ2) is 4.26. The molecule has 0 N–H and O–H groups in total. The summed E-state index contributed by atoms with van der Waals surface area (Å²) in [6.07, 6.45) is 2.51. The van der Waals surface area contributed by atoms with Crippen molar-refractivity contribution in [2.45, 2.75) is 26.2 Å². The molecular weight excluding hydrogens is 202 g/mol. The number of nitriles is 1. The van der Waals surface area contributed by atoms with E-state index in [9.17, 15) is 5.26 Å². The number of hydrogen-bond donors (Lipinski definition) is 0. The van der Waals surface area contributed by atoms with E-state index in [2.05, 4.69) is 24.2 Å². The first-order chi connectivity index (χ1) is 7.69. The maximum absolute atomic E-state index is 9.27. The zero-order chi connectivity index (χ0) is 11.6. The molecule has 1 aliphatic heterocycles. The summed E-state index contributed by atoms with van der Waals surface area (Å²) in [4.78, 5) is 0. The van der Waals surface area contributed by atoms with Gasteiger partial charge in [0.25, 0.3) is 0 Å². The third-order valence-electron chi connectivity index (χ3n) is 3.25. The van der Waals surface area contributed by atoms with E-state index >= 15 is 0 Å². The van der Waals surface area contributed by atoms with E-state index in [4.69, 9.17) is 4.74 Å². The molecule has 2 heterocycles. The summed E-state index contributed by atoms with van der Waals surface area (Å²) in [7, 11) is 1.94. The molecule has 0 saturated carbocycles. The highest BCUT2D eigenvalue weighted by Crippen LogP contribution is 2.31. The van der Waals surface area contributed by atoms with Crippen molar-refractivity contribution in [2.75, 3.05) is 13.2 Å². The van der Waals surface area contributed by atoms with Gasteiger partial charge in [0.15, 0.2) is 0 Å². The first kappa shape index (κ1) is 11.2. The van der Waals surface area contributed by atoms with Crippen LogP contribution in [0.3, 0.4) is 0 Å². The van der Waals surface area contributed by atoms with Crippen LogP contribution in [0.4, 0.5) is 0 Å². The number of hydrogen-bond acceptors (Lipinski definition) is 3.